The van der Waals surface area contributed by atoms with Gasteiger partial charge in [0.2, 0.25) is 0 Å². The van der Waals surface area contributed by atoms with Crippen LogP contribution >= 0.6 is 0 Å². The molecule has 0 radical (unpaired) electrons. The monoisotopic (exact) mass is 223 g/mol. The van der Waals surface area contributed by atoms with Crippen LogP contribution in [0.25, 0.3) is 0 Å². The Morgan fingerprint density at radius 1 is 1.12 bits per heavy atom. The molecule has 2 saturated heterocycles. The molecule has 16 heavy (non-hydrogen) atoms. The molecule has 1 atom stereocenters. The van der Waals surface area contributed by atoms with Crippen LogP contribution in [0, 0.1) is 11.8 Å². The van der Waals surface area contributed by atoms with Crippen molar-refractivity contribution in [1.82, 2.24) is 15.1 Å². The van der Waals surface area contributed by atoms with Gasteiger partial charge in [-0.25, -0.2) is 0 Å². The standard InChI is InChI=1S/C13H25N3/c1-11(12-8-14-9-12)10-15-4-6-16(7-5-15)13-2-3-13/h11-14H,2-10H2,1H3. The Bertz CT molecular complexity index is 227. The fourth-order valence-electron chi connectivity index (χ4n) is 3.02. The Morgan fingerprint density at radius 2 is 1.81 bits per heavy atom. The SMILES string of the molecule is CC(CN1CCN(C2CC2)CC1)C1CNC1. The van der Waals surface area contributed by atoms with E-state index in [4.69, 9.17) is 0 Å². The Hall–Kier alpha value is -0.120. The summed E-state index contributed by atoms with van der Waals surface area (Å²) >= 11 is 0. The molecule has 0 spiro atoms. The highest BCUT2D eigenvalue weighted by molar-refractivity contribution is 4.88. The van der Waals surface area contributed by atoms with Crippen molar-refractivity contribution in [1.29, 1.82) is 0 Å². The van der Waals surface area contributed by atoms with Gasteiger partial charge in [0.05, 0.1) is 0 Å². The van der Waals surface area contributed by atoms with Crippen molar-refractivity contribution in [2.75, 3.05) is 45.8 Å². The van der Waals surface area contributed by atoms with Gasteiger partial charge in [-0.3, -0.25) is 4.90 Å². The van der Waals surface area contributed by atoms with Crippen LogP contribution in [0.1, 0.15) is 19.8 Å². The molecule has 3 nitrogen and oxygen atoms in total. The van der Waals surface area contributed by atoms with E-state index in [1.807, 2.05) is 0 Å². The summed E-state index contributed by atoms with van der Waals surface area (Å²) in [7, 11) is 0. The minimum atomic E-state index is 0.883. The molecule has 92 valence electrons. The van der Waals surface area contributed by atoms with Gasteiger partial charge in [-0.05, 0) is 37.8 Å². The number of hydrogen-bond acceptors (Lipinski definition) is 3. The third-order valence-corrected chi connectivity index (χ3v) is 4.63. The van der Waals surface area contributed by atoms with Crippen LogP contribution in [0.5, 0.6) is 0 Å². The van der Waals surface area contributed by atoms with Gasteiger partial charge < -0.3 is 10.2 Å². The highest BCUT2D eigenvalue weighted by atomic mass is 15.3. The minimum Gasteiger partial charge on any atom is -0.316 e. The molecule has 0 amide bonds. The molecule has 0 aromatic rings. The van der Waals surface area contributed by atoms with E-state index in [1.165, 1.54) is 58.7 Å². The highest BCUT2D eigenvalue weighted by Crippen LogP contribution is 2.27. The van der Waals surface area contributed by atoms with Crippen molar-refractivity contribution in [3.63, 3.8) is 0 Å². The number of nitrogens with one attached hydrogen (secondary N) is 1. The summed E-state index contributed by atoms with van der Waals surface area (Å²) in [6, 6.07) is 0.968. The minimum absolute atomic E-state index is 0.883. The second-order valence-corrected chi connectivity index (χ2v) is 5.96. The first-order valence-corrected chi connectivity index (χ1v) is 7.00. The van der Waals surface area contributed by atoms with Gasteiger partial charge in [0, 0.05) is 38.8 Å². The molecule has 0 aromatic carbocycles. The van der Waals surface area contributed by atoms with Crippen LogP contribution in [0.3, 0.4) is 0 Å². The molecule has 3 fully saturated rings. The summed E-state index contributed by atoms with van der Waals surface area (Å²) in [5.41, 5.74) is 0. The summed E-state index contributed by atoms with van der Waals surface area (Å²) in [4.78, 5) is 5.38. The topological polar surface area (TPSA) is 18.5 Å². The van der Waals surface area contributed by atoms with Crippen molar-refractivity contribution in [2.24, 2.45) is 11.8 Å². The third kappa shape index (κ3) is 2.41. The molecular formula is C13H25N3. The van der Waals surface area contributed by atoms with Crippen molar-refractivity contribution in [2.45, 2.75) is 25.8 Å². The van der Waals surface area contributed by atoms with Gasteiger partial charge in [0.1, 0.15) is 0 Å². The Kier molecular flexibility index (Phi) is 3.18. The number of nitrogens with zero attached hydrogens (tertiary/aromatic N) is 2. The molecule has 2 heterocycles. The lowest BCUT2D eigenvalue weighted by Crippen LogP contribution is -2.52. The molecule has 3 heteroatoms. The second kappa shape index (κ2) is 4.63. The lowest BCUT2D eigenvalue weighted by Gasteiger charge is -2.39. The first kappa shape index (κ1) is 11.0. The molecule has 2 aliphatic heterocycles. The van der Waals surface area contributed by atoms with E-state index >= 15 is 0 Å². The molecule has 3 aliphatic rings. The number of hydrogen-bond donors (Lipinski definition) is 1. The van der Waals surface area contributed by atoms with Crippen LogP contribution in [-0.4, -0.2) is 61.7 Å². The quantitative estimate of drug-likeness (QED) is 0.754. The van der Waals surface area contributed by atoms with E-state index in [0.717, 1.165) is 17.9 Å². The van der Waals surface area contributed by atoms with E-state index < -0.39 is 0 Å². The van der Waals surface area contributed by atoms with Crippen LogP contribution in [-0.2, 0) is 0 Å². The van der Waals surface area contributed by atoms with E-state index in [9.17, 15) is 0 Å². The van der Waals surface area contributed by atoms with Crippen molar-refractivity contribution >= 4 is 0 Å². The maximum Gasteiger partial charge on any atom is 0.0113 e. The summed E-state index contributed by atoms with van der Waals surface area (Å²) in [5, 5.41) is 3.38. The summed E-state index contributed by atoms with van der Waals surface area (Å²) < 4.78 is 0. The smallest absolute Gasteiger partial charge is 0.0113 e. The zero-order valence-corrected chi connectivity index (χ0v) is 10.5. The maximum absolute atomic E-state index is 3.38. The lowest BCUT2D eigenvalue weighted by atomic mass is 9.88. The van der Waals surface area contributed by atoms with E-state index in [0.29, 0.717) is 0 Å². The maximum atomic E-state index is 3.38. The molecule has 1 aliphatic carbocycles. The Morgan fingerprint density at radius 3 is 2.31 bits per heavy atom. The van der Waals surface area contributed by atoms with Gasteiger partial charge in [0.25, 0.3) is 0 Å². The Labute approximate surface area is 99.2 Å². The average molecular weight is 223 g/mol. The second-order valence-electron chi connectivity index (χ2n) is 5.96. The molecule has 1 saturated carbocycles. The van der Waals surface area contributed by atoms with Crippen LogP contribution < -0.4 is 5.32 Å². The normalized spacial score (nSPS) is 31.3. The summed E-state index contributed by atoms with van der Waals surface area (Å²) in [5.74, 6) is 1.83. The molecular weight excluding hydrogens is 198 g/mol. The fourth-order valence-corrected chi connectivity index (χ4v) is 3.02. The highest BCUT2D eigenvalue weighted by Gasteiger charge is 2.32. The molecule has 1 N–H and O–H groups in total. The molecule has 3 rings (SSSR count). The first-order chi connectivity index (χ1) is 7.83. The predicted octanol–water partition coefficient (Wildman–Crippen LogP) is 0.622. The summed E-state index contributed by atoms with van der Waals surface area (Å²) in [6.07, 6.45) is 2.92. The van der Waals surface area contributed by atoms with Gasteiger partial charge >= 0.3 is 0 Å². The largest absolute Gasteiger partial charge is 0.316 e. The summed E-state index contributed by atoms with van der Waals surface area (Å²) in [6.45, 7) is 11.5. The van der Waals surface area contributed by atoms with E-state index in [1.54, 1.807) is 0 Å². The predicted molar refractivity (Wildman–Crippen MR) is 66.6 cm³/mol. The zero-order valence-electron chi connectivity index (χ0n) is 10.5. The van der Waals surface area contributed by atoms with Crippen LogP contribution in [0.15, 0.2) is 0 Å². The number of piperazine rings is 1. The van der Waals surface area contributed by atoms with Crippen molar-refractivity contribution in [3.8, 4) is 0 Å². The fraction of sp³-hybridized carbons (Fsp3) is 1.00. The van der Waals surface area contributed by atoms with Crippen molar-refractivity contribution < 1.29 is 0 Å². The van der Waals surface area contributed by atoms with Crippen LogP contribution in [0.2, 0.25) is 0 Å². The molecule has 0 aromatic heterocycles. The van der Waals surface area contributed by atoms with Crippen molar-refractivity contribution in [3.05, 3.63) is 0 Å². The zero-order chi connectivity index (χ0) is 11.0. The van der Waals surface area contributed by atoms with Gasteiger partial charge in [-0.1, -0.05) is 6.92 Å². The number of rotatable bonds is 4. The molecule has 0 bridgehead atoms. The third-order valence-electron chi connectivity index (χ3n) is 4.63. The van der Waals surface area contributed by atoms with Crippen LogP contribution in [0.4, 0.5) is 0 Å². The van der Waals surface area contributed by atoms with E-state index in [2.05, 4.69) is 22.0 Å². The van der Waals surface area contributed by atoms with E-state index in [-0.39, 0.29) is 0 Å². The molecule has 1 unspecified atom stereocenters. The van der Waals surface area contributed by atoms with Gasteiger partial charge in [-0.2, -0.15) is 0 Å². The Balaban J connectivity index is 1.39. The van der Waals surface area contributed by atoms with Gasteiger partial charge in [-0.15, -0.1) is 0 Å². The first-order valence-electron chi connectivity index (χ1n) is 7.00. The average Bonchev–Trinajstić information content (AvgIpc) is 2.99. The lowest BCUT2D eigenvalue weighted by molar-refractivity contribution is 0.0957. The van der Waals surface area contributed by atoms with Gasteiger partial charge in [0.15, 0.2) is 0 Å².